The van der Waals surface area contributed by atoms with Crippen molar-refractivity contribution in [2.24, 2.45) is 0 Å². The predicted octanol–water partition coefficient (Wildman–Crippen LogP) is 2.29. The number of H-pyrrole nitrogens is 1. The fourth-order valence-corrected chi connectivity index (χ4v) is 3.45. The van der Waals surface area contributed by atoms with Gasteiger partial charge in [-0.05, 0) is 44.0 Å². The lowest BCUT2D eigenvalue weighted by Gasteiger charge is -2.39. The van der Waals surface area contributed by atoms with Gasteiger partial charge in [0.25, 0.3) is 0 Å². The molecule has 2 aromatic heterocycles. The molecule has 1 aliphatic rings. The second-order valence-electron chi connectivity index (χ2n) is 6.36. The molecule has 0 bridgehead atoms. The van der Waals surface area contributed by atoms with E-state index in [-0.39, 0.29) is 5.82 Å². The van der Waals surface area contributed by atoms with Gasteiger partial charge in [-0.2, -0.15) is 15.4 Å². The third-order valence-corrected chi connectivity index (χ3v) is 4.58. The molecule has 24 heavy (non-hydrogen) atoms. The van der Waals surface area contributed by atoms with E-state index in [9.17, 15) is 9.50 Å². The van der Waals surface area contributed by atoms with Crippen molar-refractivity contribution in [1.82, 2.24) is 20.4 Å². The number of fused-ring (bicyclic) bond motifs is 1. The predicted molar refractivity (Wildman–Crippen MR) is 88.2 cm³/mol. The molecule has 124 valence electrons. The molecule has 4 rings (SSSR count). The van der Waals surface area contributed by atoms with Crippen molar-refractivity contribution < 1.29 is 9.50 Å². The second kappa shape index (κ2) is 5.52. The standard InChI is InChI=1S/C17H18FN5O/c1-11-7-15(13-8-12(18)3-4-14(13)20-11)23-6-2-5-17(24,10-23)16-9-19-22-21-16/h3-4,7-9,24H,2,5-6,10H2,1H3,(H,19,21,22). The van der Waals surface area contributed by atoms with Crippen LogP contribution in [0.4, 0.5) is 10.1 Å². The first kappa shape index (κ1) is 15.0. The summed E-state index contributed by atoms with van der Waals surface area (Å²) in [4.78, 5) is 6.55. The second-order valence-corrected chi connectivity index (χ2v) is 6.36. The van der Waals surface area contributed by atoms with Crippen molar-refractivity contribution in [2.45, 2.75) is 25.4 Å². The van der Waals surface area contributed by atoms with Gasteiger partial charge in [0, 0.05) is 23.3 Å². The summed E-state index contributed by atoms with van der Waals surface area (Å²) in [7, 11) is 0. The zero-order chi connectivity index (χ0) is 16.7. The van der Waals surface area contributed by atoms with Gasteiger partial charge in [-0.25, -0.2) is 4.39 Å². The molecule has 1 atom stereocenters. The number of rotatable bonds is 2. The van der Waals surface area contributed by atoms with Crippen LogP contribution in [0.5, 0.6) is 0 Å². The molecule has 7 heteroatoms. The number of hydrogen-bond acceptors (Lipinski definition) is 5. The molecule has 2 N–H and O–H groups in total. The SMILES string of the molecule is Cc1cc(N2CCCC(O)(c3cn[nH]n3)C2)c2cc(F)ccc2n1. The normalized spacial score (nSPS) is 21.4. The van der Waals surface area contributed by atoms with Gasteiger partial charge in [0.2, 0.25) is 0 Å². The van der Waals surface area contributed by atoms with Crippen molar-refractivity contribution in [3.8, 4) is 0 Å². The van der Waals surface area contributed by atoms with Gasteiger partial charge >= 0.3 is 0 Å². The third kappa shape index (κ3) is 2.50. The summed E-state index contributed by atoms with van der Waals surface area (Å²) in [6.45, 7) is 3.09. The number of aliphatic hydroxyl groups is 1. The van der Waals surface area contributed by atoms with Crippen LogP contribution in [0.25, 0.3) is 10.9 Å². The van der Waals surface area contributed by atoms with Crippen molar-refractivity contribution >= 4 is 16.6 Å². The van der Waals surface area contributed by atoms with Gasteiger partial charge in [0.05, 0.1) is 18.3 Å². The number of halogens is 1. The van der Waals surface area contributed by atoms with E-state index >= 15 is 0 Å². The number of anilines is 1. The minimum absolute atomic E-state index is 0.293. The van der Waals surface area contributed by atoms with Crippen LogP contribution in [-0.4, -0.2) is 38.6 Å². The van der Waals surface area contributed by atoms with E-state index in [1.807, 2.05) is 13.0 Å². The van der Waals surface area contributed by atoms with E-state index in [2.05, 4.69) is 25.3 Å². The number of pyridine rings is 1. The maximum absolute atomic E-state index is 13.7. The van der Waals surface area contributed by atoms with Gasteiger partial charge in [-0.15, -0.1) is 0 Å². The topological polar surface area (TPSA) is 77.9 Å². The van der Waals surface area contributed by atoms with Crippen LogP contribution in [0.1, 0.15) is 24.2 Å². The van der Waals surface area contributed by atoms with E-state index in [4.69, 9.17) is 0 Å². The average Bonchev–Trinajstić information content (AvgIpc) is 3.10. The molecule has 0 aliphatic carbocycles. The van der Waals surface area contributed by atoms with Gasteiger partial charge in [0.15, 0.2) is 0 Å². The maximum Gasteiger partial charge on any atom is 0.127 e. The Kier molecular flexibility index (Phi) is 3.45. The summed E-state index contributed by atoms with van der Waals surface area (Å²) in [5, 5.41) is 22.2. The first-order valence-corrected chi connectivity index (χ1v) is 7.96. The summed E-state index contributed by atoms with van der Waals surface area (Å²) in [6.07, 6.45) is 2.98. The largest absolute Gasteiger partial charge is 0.382 e. The first-order valence-electron chi connectivity index (χ1n) is 7.96. The number of nitrogens with one attached hydrogen (secondary N) is 1. The summed E-state index contributed by atoms with van der Waals surface area (Å²) in [5.41, 5.74) is 1.97. The molecule has 6 nitrogen and oxygen atoms in total. The van der Waals surface area contributed by atoms with Crippen LogP contribution >= 0.6 is 0 Å². The lowest BCUT2D eigenvalue weighted by molar-refractivity contribution is 0.0177. The first-order chi connectivity index (χ1) is 11.5. The molecule has 1 aromatic carbocycles. The Hall–Kier alpha value is -2.54. The van der Waals surface area contributed by atoms with Crippen LogP contribution in [-0.2, 0) is 5.60 Å². The molecular weight excluding hydrogens is 309 g/mol. The molecule has 1 aliphatic heterocycles. The molecule has 0 saturated carbocycles. The Morgan fingerprint density at radius 2 is 2.21 bits per heavy atom. The number of hydrogen-bond donors (Lipinski definition) is 2. The Balaban J connectivity index is 1.78. The van der Waals surface area contributed by atoms with Crippen LogP contribution < -0.4 is 4.90 Å². The average molecular weight is 327 g/mol. The zero-order valence-corrected chi connectivity index (χ0v) is 13.3. The summed E-state index contributed by atoms with van der Waals surface area (Å²) >= 11 is 0. The molecule has 1 fully saturated rings. The molecule has 0 amide bonds. The highest BCUT2D eigenvalue weighted by atomic mass is 19.1. The summed E-state index contributed by atoms with van der Waals surface area (Å²) in [6, 6.07) is 6.55. The maximum atomic E-state index is 13.7. The number of nitrogens with zero attached hydrogens (tertiary/aromatic N) is 4. The van der Waals surface area contributed by atoms with E-state index in [0.29, 0.717) is 18.7 Å². The fourth-order valence-electron chi connectivity index (χ4n) is 3.45. The molecule has 0 radical (unpaired) electrons. The summed E-state index contributed by atoms with van der Waals surface area (Å²) in [5.74, 6) is -0.293. The Bertz CT molecular complexity index is 882. The number of aromatic nitrogens is 4. The number of β-amino-alcohol motifs (C(OH)–C–C–N with tert-alkyl or cyclic N) is 1. The minimum Gasteiger partial charge on any atom is -0.382 e. The fraction of sp³-hybridized carbons (Fsp3) is 0.353. The van der Waals surface area contributed by atoms with Crippen LogP contribution in [0.3, 0.4) is 0 Å². The van der Waals surface area contributed by atoms with Crippen LogP contribution in [0.15, 0.2) is 30.5 Å². The Labute approximate surface area is 138 Å². The van der Waals surface area contributed by atoms with E-state index in [0.717, 1.165) is 35.2 Å². The van der Waals surface area contributed by atoms with Crippen LogP contribution in [0, 0.1) is 12.7 Å². The van der Waals surface area contributed by atoms with Crippen LogP contribution in [0.2, 0.25) is 0 Å². The molecule has 3 aromatic rings. The number of aryl methyl sites for hydroxylation is 1. The van der Waals surface area contributed by atoms with Crippen molar-refractivity contribution in [2.75, 3.05) is 18.0 Å². The van der Waals surface area contributed by atoms with Gasteiger partial charge < -0.3 is 10.0 Å². The smallest absolute Gasteiger partial charge is 0.127 e. The van der Waals surface area contributed by atoms with Gasteiger partial charge in [-0.3, -0.25) is 4.98 Å². The third-order valence-electron chi connectivity index (χ3n) is 4.58. The highest BCUT2D eigenvalue weighted by molar-refractivity contribution is 5.92. The number of piperidine rings is 1. The van der Waals surface area contributed by atoms with E-state index in [1.165, 1.54) is 12.1 Å². The Morgan fingerprint density at radius 1 is 1.33 bits per heavy atom. The molecule has 0 spiro atoms. The van der Waals surface area contributed by atoms with E-state index in [1.54, 1.807) is 12.3 Å². The minimum atomic E-state index is -1.07. The molecule has 1 unspecified atom stereocenters. The van der Waals surface area contributed by atoms with Gasteiger partial charge in [-0.1, -0.05) is 0 Å². The lowest BCUT2D eigenvalue weighted by Crippen LogP contribution is -2.46. The number of benzene rings is 1. The van der Waals surface area contributed by atoms with Crippen molar-refractivity contribution in [3.05, 3.63) is 47.7 Å². The van der Waals surface area contributed by atoms with E-state index < -0.39 is 5.60 Å². The lowest BCUT2D eigenvalue weighted by atomic mass is 9.89. The Morgan fingerprint density at radius 3 is 3.00 bits per heavy atom. The van der Waals surface area contributed by atoms with Gasteiger partial charge in [0.1, 0.15) is 17.1 Å². The highest BCUT2D eigenvalue weighted by Crippen LogP contribution is 2.35. The molecule has 1 saturated heterocycles. The zero-order valence-electron chi connectivity index (χ0n) is 13.3. The van der Waals surface area contributed by atoms with Crippen molar-refractivity contribution in [1.29, 1.82) is 0 Å². The molecular formula is C17H18FN5O. The van der Waals surface area contributed by atoms with Crippen molar-refractivity contribution in [3.63, 3.8) is 0 Å². The monoisotopic (exact) mass is 327 g/mol. The summed E-state index contributed by atoms with van der Waals surface area (Å²) < 4.78 is 13.7. The molecule has 3 heterocycles. The highest BCUT2D eigenvalue weighted by Gasteiger charge is 2.37. The quantitative estimate of drug-likeness (QED) is 0.755. The number of aromatic amines is 1.